The van der Waals surface area contributed by atoms with Crippen molar-refractivity contribution in [1.29, 1.82) is 0 Å². The number of nitrogens with zero attached hydrogens (tertiary/aromatic N) is 1. The topological polar surface area (TPSA) is 69.6 Å². The number of nitrogens with one attached hydrogen (secondary N) is 1. The molecule has 1 rings (SSSR count). The van der Waals surface area contributed by atoms with E-state index in [0.717, 1.165) is 6.42 Å². The van der Waals surface area contributed by atoms with Crippen LogP contribution in [0.3, 0.4) is 0 Å². The molecule has 0 fully saturated rings. The molecule has 0 aliphatic carbocycles. The van der Waals surface area contributed by atoms with E-state index in [4.69, 9.17) is 0 Å². The van der Waals surface area contributed by atoms with Gasteiger partial charge in [0.25, 0.3) is 5.91 Å². The third kappa shape index (κ3) is 5.95. The second kappa shape index (κ2) is 7.78. The lowest BCUT2D eigenvalue weighted by molar-refractivity contribution is -0.122. The summed E-state index contributed by atoms with van der Waals surface area (Å²) >= 11 is 0. The molecule has 0 aromatic heterocycles. The number of likely N-dealkylation sites (N-methyl/N-ethyl adjacent to an activating group) is 1. The highest BCUT2D eigenvalue weighted by molar-refractivity contribution is 5.96. The Morgan fingerprint density at radius 3 is 2.48 bits per heavy atom. The maximum atomic E-state index is 12.1. The van der Waals surface area contributed by atoms with Crippen LogP contribution < -0.4 is 5.32 Å². The number of hydrogen-bond donors (Lipinski definition) is 2. The van der Waals surface area contributed by atoms with Gasteiger partial charge in [-0.15, -0.1) is 0 Å². The van der Waals surface area contributed by atoms with E-state index in [9.17, 15) is 14.7 Å². The first-order chi connectivity index (χ1) is 9.85. The summed E-state index contributed by atoms with van der Waals surface area (Å²) in [6.45, 7) is 3.82. The lowest BCUT2D eigenvalue weighted by Crippen LogP contribution is -2.44. The number of carbonyl (C=O) groups excluding carboxylic acids is 2. The summed E-state index contributed by atoms with van der Waals surface area (Å²) < 4.78 is 0. The van der Waals surface area contributed by atoms with Crippen molar-refractivity contribution in [1.82, 2.24) is 10.2 Å². The number of carbonyl (C=O) groups is 2. The van der Waals surface area contributed by atoms with Crippen molar-refractivity contribution in [2.45, 2.75) is 32.3 Å². The Bertz CT molecular complexity index is 472. The summed E-state index contributed by atoms with van der Waals surface area (Å²) in [4.78, 5) is 25.3. The van der Waals surface area contributed by atoms with Crippen LogP contribution in [0.4, 0.5) is 0 Å². The third-order valence-electron chi connectivity index (χ3n) is 3.20. The predicted octanol–water partition coefficient (Wildman–Crippen LogP) is 1.43. The summed E-state index contributed by atoms with van der Waals surface area (Å²) in [7, 11) is 1.58. The molecule has 0 saturated carbocycles. The van der Waals surface area contributed by atoms with Crippen molar-refractivity contribution in [2.24, 2.45) is 0 Å². The van der Waals surface area contributed by atoms with E-state index in [-0.39, 0.29) is 24.9 Å². The van der Waals surface area contributed by atoms with Gasteiger partial charge in [-0.1, -0.05) is 31.5 Å². The number of aliphatic hydroxyl groups is 1. The van der Waals surface area contributed by atoms with Gasteiger partial charge < -0.3 is 15.3 Å². The lowest BCUT2D eigenvalue weighted by Gasteiger charge is -2.24. The number of benzene rings is 1. The molecule has 2 N–H and O–H groups in total. The average Bonchev–Trinajstić information content (AvgIpc) is 2.45. The molecule has 1 unspecified atom stereocenters. The second-order valence-electron chi connectivity index (χ2n) is 5.55. The molecule has 0 bridgehead atoms. The molecule has 1 aromatic carbocycles. The quantitative estimate of drug-likeness (QED) is 0.798. The molecule has 0 spiro atoms. The Kier molecular flexibility index (Phi) is 6.37. The van der Waals surface area contributed by atoms with Gasteiger partial charge in [0.1, 0.15) is 0 Å². The van der Waals surface area contributed by atoms with Crippen molar-refractivity contribution in [3.05, 3.63) is 35.9 Å². The molecule has 5 nitrogen and oxygen atoms in total. The van der Waals surface area contributed by atoms with Crippen LogP contribution in [0.1, 0.15) is 37.0 Å². The summed E-state index contributed by atoms with van der Waals surface area (Å²) in [6, 6.07) is 8.82. The van der Waals surface area contributed by atoms with Gasteiger partial charge in [0.2, 0.25) is 5.91 Å². The van der Waals surface area contributed by atoms with Crippen LogP contribution in [0.5, 0.6) is 0 Å². The lowest BCUT2D eigenvalue weighted by atomic mass is 10.0. The number of amides is 2. The van der Waals surface area contributed by atoms with Crippen molar-refractivity contribution >= 4 is 11.8 Å². The average molecular weight is 292 g/mol. The molecule has 0 saturated heterocycles. The van der Waals surface area contributed by atoms with Crippen LogP contribution in [-0.2, 0) is 4.79 Å². The fourth-order valence-corrected chi connectivity index (χ4v) is 2.06. The Morgan fingerprint density at radius 2 is 1.90 bits per heavy atom. The van der Waals surface area contributed by atoms with Gasteiger partial charge in [0.05, 0.1) is 12.1 Å². The van der Waals surface area contributed by atoms with E-state index in [2.05, 4.69) is 5.32 Å². The minimum atomic E-state index is -0.910. The van der Waals surface area contributed by atoms with Crippen LogP contribution in [0, 0.1) is 0 Å². The zero-order valence-corrected chi connectivity index (χ0v) is 12.9. The van der Waals surface area contributed by atoms with Crippen molar-refractivity contribution < 1.29 is 14.7 Å². The van der Waals surface area contributed by atoms with E-state index in [0.29, 0.717) is 12.0 Å². The molecular weight excluding hydrogens is 268 g/mol. The highest BCUT2D eigenvalue weighted by atomic mass is 16.3. The van der Waals surface area contributed by atoms with E-state index >= 15 is 0 Å². The number of rotatable bonds is 7. The SMILES string of the molecule is CCCC(C)(O)CNC(=O)CN(C)C(=O)c1ccccc1. The summed E-state index contributed by atoms with van der Waals surface area (Å²) in [5, 5.41) is 12.7. The predicted molar refractivity (Wildman–Crippen MR) is 81.9 cm³/mol. The van der Waals surface area contributed by atoms with Crippen molar-refractivity contribution in [3.8, 4) is 0 Å². The summed E-state index contributed by atoms with van der Waals surface area (Å²) in [5.74, 6) is -0.482. The van der Waals surface area contributed by atoms with Crippen LogP contribution >= 0.6 is 0 Å². The first-order valence-electron chi connectivity index (χ1n) is 7.15. The van der Waals surface area contributed by atoms with E-state index in [1.54, 1.807) is 38.2 Å². The Balaban J connectivity index is 2.46. The van der Waals surface area contributed by atoms with Gasteiger partial charge in [-0.3, -0.25) is 9.59 Å². The molecule has 21 heavy (non-hydrogen) atoms. The zero-order chi connectivity index (χ0) is 15.9. The molecule has 1 aromatic rings. The molecule has 5 heteroatoms. The third-order valence-corrected chi connectivity index (χ3v) is 3.20. The van der Waals surface area contributed by atoms with E-state index < -0.39 is 5.60 Å². The van der Waals surface area contributed by atoms with Gasteiger partial charge in [-0.2, -0.15) is 0 Å². The maximum Gasteiger partial charge on any atom is 0.254 e. The number of hydrogen-bond acceptors (Lipinski definition) is 3. The highest BCUT2D eigenvalue weighted by Crippen LogP contribution is 2.10. The van der Waals surface area contributed by atoms with E-state index in [1.165, 1.54) is 4.90 Å². The Morgan fingerprint density at radius 1 is 1.29 bits per heavy atom. The maximum absolute atomic E-state index is 12.1. The van der Waals surface area contributed by atoms with Crippen LogP contribution in [0.15, 0.2) is 30.3 Å². The molecular formula is C16H24N2O3. The first-order valence-corrected chi connectivity index (χ1v) is 7.15. The van der Waals surface area contributed by atoms with Gasteiger partial charge in [-0.05, 0) is 25.5 Å². The normalized spacial score (nSPS) is 13.3. The van der Waals surface area contributed by atoms with Gasteiger partial charge >= 0.3 is 0 Å². The van der Waals surface area contributed by atoms with E-state index in [1.807, 2.05) is 13.0 Å². The molecule has 0 aliphatic heterocycles. The Labute approximate surface area is 126 Å². The molecule has 2 amide bonds. The monoisotopic (exact) mass is 292 g/mol. The van der Waals surface area contributed by atoms with Crippen LogP contribution in [-0.4, -0.2) is 47.6 Å². The smallest absolute Gasteiger partial charge is 0.254 e. The molecule has 1 atom stereocenters. The zero-order valence-electron chi connectivity index (χ0n) is 12.9. The van der Waals surface area contributed by atoms with Crippen LogP contribution in [0.25, 0.3) is 0 Å². The largest absolute Gasteiger partial charge is 0.388 e. The standard InChI is InChI=1S/C16H24N2O3/c1-4-10-16(2,21)12-17-14(19)11-18(3)15(20)13-8-6-5-7-9-13/h5-9,21H,4,10-12H2,1-3H3,(H,17,19). The first kappa shape index (κ1) is 17.2. The molecule has 116 valence electrons. The summed E-state index contributed by atoms with van der Waals surface area (Å²) in [5.41, 5.74) is -0.363. The highest BCUT2D eigenvalue weighted by Gasteiger charge is 2.21. The van der Waals surface area contributed by atoms with Crippen LogP contribution in [0.2, 0.25) is 0 Å². The van der Waals surface area contributed by atoms with Gasteiger partial charge in [0.15, 0.2) is 0 Å². The van der Waals surface area contributed by atoms with Gasteiger partial charge in [-0.25, -0.2) is 0 Å². The van der Waals surface area contributed by atoms with Gasteiger partial charge in [0, 0.05) is 19.2 Å². The fraction of sp³-hybridized carbons (Fsp3) is 0.500. The molecule has 0 aliphatic rings. The minimum absolute atomic E-state index is 0.0318. The molecule has 0 heterocycles. The minimum Gasteiger partial charge on any atom is -0.388 e. The molecule has 0 radical (unpaired) electrons. The van der Waals surface area contributed by atoms with Crippen molar-refractivity contribution in [2.75, 3.05) is 20.1 Å². The second-order valence-corrected chi connectivity index (χ2v) is 5.55. The van der Waals surface area contributed by atoms with Crippen molar-refractivity contribution in [3.63, 3.8) is 0 Å². The Hall–Kier alpha value is -1.88. The summed E-state index contributed by atoms with van der Waals surface area (Å²) in [6.07, 6.45) is 1.46. The fourth-order valence-electron chi connectivity index (χ4n) is 2.06.